The molecule has 0 unspecified atom stereocenters. The van der Waals surface area contributed by atoms with Crippen LogP contribution in [0, 0.1) is 0 Å². The van der Waals surface area contributed by atoms with Crippen molar-refractivity contribution in [2.45, 2.75) is 19.3 Å². The van der Waals surface area contributed by atoms with E-state index in [0.29, 0.717) is 41.6 Å². The molecule has 0 amide bonds. The third-order valence-electron chi connectivity index (χ3n) is 7.63. The Morgan fingerprint density at radius 1 is 0.814 bits per heavy atom. The van der Waals surface area contributed by atoms with E-state index >= 15 is 0 Å². The van der Waals surface area contributed by atoms with Gasteiger partial charge >= 0.3 is 6.18 Å². The van der Waals surface area contributed by atoms with E-state index in [0.717, 1.165) is 54.5 Å². The Hall–Kier alpha value is -4.84. The summed E-state index contributed by atoms with van der Waals surface area (Å²) >= 11 is 0. The van der Waals surface area contributed by atoms with E-state index in [1.807, 2.05) is 47.0 Å². The Morgan fingerprint density at radius 2 is 1.63 bits per heavy atom. The molecule has 5 aromatic rings. The van der Waals surface area contributed by atoms with Crippen molar-refractivity contribution in [2.24, 2.45) is 0 Å². The number of para-hydroxylation sites is 1. The Kier molecular flexibility index (Phi) is 6.98. The van der Waals surface area contributed by atoms with E-state index in [-0.39, 0.29) is 13.3 Å². The first-order valence-electron chi connectivity index (χ1n) is 14.0. The highest BCUT2D eigenvalue weighted by Crippen LogP contribution is 2.33. The van der Waals surface area contributed by atoms with Gasteiger partial charge < -0.3 is 19.7 Å². The quantitative estimate of drug-likeness (QED) is 0.268. The molecule has 0 aliphatic carbocycles. The summed E-state index contributed by atoms with van der Waals surface area (Å²) in [6.45, 7) is 4.22. The fourth-order valence-corrected chi connectivity index (χ4v) is 5.38. The van der Waals surface area contributed by atoms with Crippen LogP contribution in [0.4, 0.5) is 24.9 Å². The van der Waals surface area contributed by atoms with Crippen LogP contribution in [0.1, 0.15) is 16.7 Å². The van der Waals surface area contributed by atoms with Gasteiger partial charge in [-0.15, -0.1) is 0 Å². The lowest BCUT2D eigenvalue weighted by Crippen LogP contribution is -2.46. The molecule has 0 radical (unpaired) electrons. The van der Waals surface area contributed by atoms with Crippen LogP contribution in [0.3, 0.4) is 0 Å². The van der Waals surface area contributed by atoms with Gasteiger partial charge in [-0.25, -0.2) is 4.98 Å². The summed E-state index contributed by atoms with van der Waals surface area (Å²) in [6.07, 6.45) is -2.72. The highest BCUT2D eigenvalue weighted by Gasteiger charge is 2.30. The van der Waals surface area contributed by atoms with Crippen LogP contribution in [0.25, 0.3) is 16.9 Å². The lowest BCUT2D eigenvalue weighted by atomic mass is 10.1. The van der Waals surface area contributed by atoms with Gasteiger partial charge in [0.15, 0.2) is 28.5 Å². The van der Waals surface area contributed by atoms with Gasteiger partial charge in [-0.05, 0) is 47.5 Å². The monoisotopic (exact) mass is 587 g/mol. The van der Waals surface area contributed by atoms with E-state index in [1.54, 1.807) is 12.4 Å². The van der Waals surface area contributed by atoms with Gasteiger partial charge in [0, 0.05) is 45.0 Å². The Bertz CT molecular complexity index is 1750. The first kappa shape index (κ1) is 27.0. The largest absolute Gasteiger partial charge is 0.454 e. The first-order chi connectivity index (χ1) is 20.9. The number of hydrogen-bond acceptors (Lipinski definition) is 8. The molecule has 1 saturated heterocycles. The molecule has 43 heavy (non-hydrogen) atoms. The fraction of sp³-hybridized carbons (Fsp3) is 0.258. The number of benzene rings is 3. The Morgan fingerprint density at radius 3 is 2.44 bits per heavy atom. The summed E-state index contributed by atoms with van der Waals surface area (Å²) in [5.41, 5.74) is 3.01. The second-order valence-electron chi connectivity index (χ2n) is 10.5. The fourth-order valence-electron chi connectivity index (χ4n) is 5.38. The number of nitrogens with one attached hydrogen (secondary N) is 1. The molecule has 0 saturated carbocycles. The Labute approximate surface area is 245 Å². The van der Waals surface area contributed by atoms with Gasteiger partial charge in [-0.2, -0.15) is 23.1 Å². The number of aromatic nitrogens is 4. The van der Waals surface area contributed by atoms with Gasteiger partial charge in [0.05, 0.1) is 5.56 Å². The lowest BCUT2D eigenvalue weighted by molar-refractivity contribution is -0.137. The molecular weight excluding hydrogens is 559 g/mol. The SMILES string of the molecule is FC(F)(F)c1cccc(CNc2nc(N3CCN(Cc4ccc5c(c4)OCO5)CC3)nc3c2ncn3-c2ccccc2)c1. The molecule has 4 heterocycles. The number of rotatable bonds is 7. The standard InChI is InChI=1S/C31H28F3N7O2/c32-31(33,34)23-6-4-5-21(15-23)17-35-28-27-29(41(19-36-27)24-7-2-1-3-8-24)38-30(37-28)40-13-11-39(12-14-40)18-22-9-10-25-26(16-22)43-20-42-25/h1-10,15-16,19H,11-14,17-18,20H2,(H,35,37,38). The van der Waals surface area contributed by atoms with Crippen LogP contribution in [-0.4, -0.2) is 57.4 Å². The van der Waals surface area contributed by atoms with Crippen LogP contribution in [-0.2, 0) is 19.3 Å². The van der Waals surface area contributed by atoms with Gasteiger partial charge in [0.1, 0.15) is 6.33 Å². The zero-order chi connectivity index (χ0) is 29.4. The van der Waals surface area contributed by atoms with Crippen molar-refractivity contribution in [2.75, 3.05) is 43.2 Å². The van der Waals surface area contributed by atoms with Crippen LogP contribution in [0.5, 0.6) is 11.5 Å². The Balaban J connectivity index is 1.13. The normalized spacial score (nSPS) is 15.3. The average Bonchev–Trinajstić information content (AvgIpc) is 3.67. The molecular formula is C31H28F3N7O2. The molecule has 1 N–H and O–H groups in total. The number of fused-ring (bicyclic) bond motifs is 2. The maximum atomic E-state index is 13.3. The minimum Gasteiger partial charge on any atom is -0.454 e. The number of ether oxygens (including phenoxy) is 2. The van der Waals surface area contributed by atoms with Crippen molar-refractivity contribution in [1.82, 2.24) is 24.4 Å². The van der Waals surface area contributed by atoms with Gasteiger partial charge in [0.2, 0.25) is 12.7 Å². The summed E-state index contributed by atoms with van der Waals surface area (Å²) in [5.74, 6) is 2.56. The smallest absolute Gasteiger partial charge is 0.416 e. The zero-order valence-corrected chi connectivity index (χ0v) is 23.1. The van der Waals surface area contributed by atoms with Gasteiger partial charge in [-0.1, -0.05) is 36.4 Å². The van der Waals surface area contributed by atoms with Crippen molar-refractivity contribution in [1.29, 1.82) is 0 Å². The van der Waals surface area contributed by atoms with E-state index in [1.165, 1.54) is 6.07 Å². The zero-order valence-electron chi connectivity index (χ0n) is 23.1. The molecule has 9 nitrogen and oxygen atoms in total. The third-order valence-corrected chi connectivity index (χ3v) is 7.63. The molecule has 220 valence electrons. The maximum Gasteiger partial charge on any atom is 0.416 e. The van der Waals surface area contributed by atoms with E-state index in [4.69, 9.17) is 19.4 Å². The summed E-state index contributed by atoms with van der Waals surface area (Å²) in [6, 6.07) is 21.1. The van der Waals surface area contributed by atoms with Crippen molar-refractivity contribution in [3.63, 3.8) is 0 Å². The van der Waals surface area contributed by atoms with E-state index < -0.39 is 11.7 Å². The highest BCUT2D eigenvalue weighted by atomic mass is 19.4. The van der Waals surface area contributed by atoms with Crippen molar-refractivity contribution < 1.29 is 22.6 Å². The molecule has 12 heteroatoms. The predicted molar refractivity (Wildman–Crippen MR) is 155 cm³/mol. The number of alkyl halides is 3. The summed E-state index contributed by atoms with van der Waals surface area (Å²) in [4.78, 5) is 18.8. The first-order valence-corrected chi connectivity index (χ1v) is 14.0. The average molecular weight is 588 g/mol. The predicted octanol–water partition coefficient (Wildman–Crippen LogP) is 5.50. The second-order valence-corrected chi connectivity index (χ2v) is 10.5. The number of anilines is 2. The second kappa shape index (κ2) is 11.1. The van der Waals surface area contributed by atoms with Crippen LogP contribution >= 0.6 is 0 Å². The molecule has 2 aromatic heterocycles. The molecule has 0 atom stereocenters. The van der Waals surface area contributed by atoms with E-state index in [2.05, 4.69) is 26.2 Å². The molecule has 0 spiro atoms. The van der Waals surface area contributed by atoms with Crippen LogP contribution < -0.4 is 19.7 Å². The lowest BCUT2D eigenvalue weighted by Gasteiger charge is -2.34. The molecule has 1 fully saturated rings. The summed E-state index contributed by atoms with van der Waals surface area (Å²) in [7, 11) is 0. The van der Waals surface area contributed by atoms with E-state index in [9.17, 15) is 13.2 Å². The van der Waals surface area contributed by atoms with Gasteiger partial charge in [-0.3, -0.25) is 9.47 Å². The number of hydrogen-bond donors (Lipinski definition) is 1. The molecule has 2 aliphatic heterocycles. The highest BCUT2D eigenvalue weighted by molar-refractivity contribution is 5.85. The number of nitrogens with zero attached hydrogens (tertiary/aromatic N) is 6. The number of imidazole rings is 1. The van der Waals surface area contributed by atoms with Crippen molar-refractivity contribution in [3.8, 4) is 17.2 Å². The minimum absolute atomic E-state index is 0.150. The summed E-state index contributed by atoms with van der Waals surface area (Å²) in [5, 5.41) is 3.24. The van der Waals surface area contributed by atoms with Crippen LogP contribution in [0.15, 0.2) is 79.1 Å². The van der Waals surface area contributed by atoms with Crippen molar-refractivity contribution in [3.05, 3.63) is 95.8 Å². The molecule has 7 rings (SSSR count). The van der Waals surface area contributed by atoms with Crippen molar-refractivity contribution >= 4 is 22.9 Å². The van der Waals surface area contributed by atoms with Crippen LogP contribution in [0.2, 0.25) is 0 Å². The number of halogens is 3. The topological polar surface area (TPSA) is 80.6 Å². The number of piperazine rings is 1. The molecule has 3 aromatic carbocycles. The maximum absolute atomic E-state index is 13.3. The third kappa shape index (κ3) is 5.65. The minimum atomic E-state index is -4.41. The van der Waals surface area contributed by atoms with Gasteiger partial charge in [0.25, 0.3) is 0 Å². The molecule has 0 bridgehead atoms. The summed E-state index contributed by atoms with van der Waals surface area (Å²) < 4.78 is 52.7. The molecule has 2 aliphatic rings.